The van der Waals surface area contributed by atoms with E-state index in [9.17, 15) is 13.6 Å². The fourth-order valence-electron chi connectivity index (χ4n) is 1.72. The minimum Gasteiger partial charge on any atom is -0.339 e. The summed E-state index contributed by atoms with van der Waals surface area (Å²) in [5.74, 6) is -0.605. The Kier molecular flexibility index (Phi) is 5.16. The summed E-state index contributed by atoms with van der Waals surface area (Å²) in [6, 6.07) is 7.67. The van der Waals surface area contributed by atoms with Crippen LogP contribution in [0.4, 0.5) is 0 Å². The van der Waals surface area contributed by atoms with Gasteiger partial charge in [-0.15, -0.1) is 0 Å². The number of nitrogens with one attached hydrogen (secondary N) is 1. The average molecular weight is 337 g/mol. The molecule has 1 aromatic heterocycles. The van der Waals surface area contributed by atoms with E-state index in [4.69, 9.17) is 16.9 Å². The first-order chi connectivity index (χ1) is 10.5. The molecule has 9 heteroatoms. The van der Waals surface area contributed by atoms with Gasteiger partial charge in [-0.2, -0.15) is 5.26 Å². The van der Waals surface area contributed by atoms with Gasteiger partial charge in [0.05, 0.1) is 22.2 Å². The standard InChI is InChI=1S/C13H9ClN4O3S/c14-13-17-5-3-10(18-13)8-1-2-9(11(7-8)22(20)21)12(19)16-6-4-15/h1-3,5,7H,6H2,(H,16,19)(H,20,21). The molecule has 0 radical (unpaired) electrons. The molecular formula is C13H9ClN4O3S. The van der Waals surface area contributed by atoms with Crippen LogP contribution >= 0.6 is 11.6 Å². The van der Waals surface area contributed by atoms with E-state index >= 15 is 0 Å². The highest BCUT2D eigenvalue weighted by atomic mass is 35.5. The van der Waals surface area contributed by atoms with Crippen molar-refractivity contribution in [2.45, 2.75) is 4.90 Å². The molecule has 112 valence electrons. The van der Waals surface area contributed by atoms with Crippen LogP contribution in [0.25, 0.3) is 11.3 Å². The van der Waals surface area contributed by atoms with Crippen LogP contribution in [0.3, 0.4) is 0 Å². The van der Waals surface area contributed by atoms with Crippen LogP contribution in [0, 0.1) is 11.3 Å². The number of hydrogen-bond acceptors (Lipinski definition) is 5. The maximum Gasteiger partial charge on any atom is 0.253 e. The molecule has 2 rings (SSSR count). The van der Waals surface area contributed by atoms with E-state index in [1.807, 2.05) is 0 Å². The second-order valence-electron chi connectivity index (χ2n) is 4.01. The summed E-state index contributed by atoms with van der Waals surface area (Å²) in [7, 11) is 0. The van der Waals surface area contributed by atoms with E-state index in [1.54, 1.807) is 18.2 Å². The van der Waals surface area contributed by atoms with Gasteiger partial charge < -0.3 is 9.87 Å². The second-order valence-corrected chi connectivity index (χ2v) is 5.29. The maximum atomic E-state index is 11.9. The lowest BCUT2D eigenvalue weighted by Crippen LogP contribution is -2.24. The first-order valence-corrected chi connectivity index (χ1v) is 7.40. The Morgan fingerprint density at radius 1 is 1.45 bits per heavy atom. The zero-order valence-corrected chi connectivity index (χ0v) is 12.6. The quantitative estimate of drug-likeness (QED) is 0.498. The van der Waals surface area contributed by atoms with Crippen LogP contribution < -0.4 is 5.32 Å². The van der Waals surface area contributed by atoms with Gasteiger partial charge in [-0.3, -0.25) is 4.79 Å². The predicted octanol–water partition coefficient (Wildman–Crippen LogP) is 1.63. The minimum atomic E-state index is -2.38. The lowest BCUT2D eigenvalue weighted by molar-refractivity contribution is 0.0955. The van der Waals surface area contributed by atoms with Crippen molar-refractivity contribution in [1.29, 1.82) is 5.26 Å². The monoisotopic (exact) mass is 336 g/mol. The minimum absolute atomic E-state index is 0.0139. The maximum absolute atomic E-state index is 11.9. The number of nitriles is 1. The van der Waals surface area contributed by atoms with Gasteiger partial charge in [0, 0.05) is 11.8 Å². The fraction of sp³-hybridized carbons (Fsp3) is 0.0769. The summed E-state index contributed by atoms with van der Waals surface area (Å²) in [6.07, 6.45) is 1.45. The molecule has 2 N–H and O–H groups in total. The van der Waals surface area contributed by atoms with E-state index in [1.165, 1.54) is 18.3 Å². The zero-order chi connectivity index (χ0) is 16.1. The van der Waals surface area contributed by atoms with Crippen molar-refractivity contribution in [3.63, 3.8) is 0 Å². The summed E-state index contributed by atoms with van der Waals surface area (Å²) in [5.41, 5.74) is 0.981. The molecule has 0 aliphatic rings. The molecule has 0 bridgehead atoms. The Balaban J connectivity index is 2.46. The Morgan fingerprint density at radius 3 is 2.86 bits per heavy atom. The lowest BCUT2D eigenvalue weighted by Gasteiger charge is -2.08. The van der Waals surface area contributed by atoms with Gasteiger partial charge in [0.15, 0.2) is 11.1 Å². The van der Waals surface area contributed by atoms with Gasteiger partial charge >= 0.3 is 0 Å². The van der Waals surface area contributed by atoms with E-state index < -0.39 is 17.0 Å². The van der Waals surface area contributed by atoms with Crippen LogP contribution in [0.2, 0.25) is 5.28 Å². The molecule has 0 aliphatic heterocycles. The summed E-state index contributed by atoms with van der Waals surface area (Å²) < 4.78 is 20.8. The third-order valence-corrected chi connectivity index (χ3v) is 3.56. The normalized spacial score (nSPS) is 11.5. The summed E-state index contributed by atoms with van der Waals surface area (Å²) >= 11 is 3.33. The number of hydrogen-bond donors (Lipinski definition) is 2. The molecule has 2 aromatic rings. The van der Waals surface area contributed by atoms with E-state index in [-0.39, 0.29) is 22.3 Å². The average Bonchev–Trinajstić information content (AvgIpc) is 2.52. The predicted molar refractivity (Wildman–Crippen MR) is 79.5 cm³/mol. The number of aromatic nitrogens is 2. The second kappa shape index (κ2) is 7.09. The third-order valence-electron chi connectivity index (χ3n) is 2.66. The highest BCUT2D eigenvalue weighted by Crippen LogP contribution is 2.23. The van der Waals surface area contributed by atoms with Crippen LogP contribution in [0.15, 0.2) is 35.4 Å². The largest absolute Gasteiger partial charge is 0.339 e. The number of rotatable bonds is 4. The molecular weight excluding hydrogens is 328 g/mol. The lowest BCUT2D eigenvalue weighted by atomic mass is 10.1. The van der Waals surface area contributed by atoms with E-state index in [0.717, 1.165) is 0 Å². The topological polar surface area (TPSA) is 116 Å². The van der Waals surface area contributed by atoms with Gasteiger partial charge in [0.25, 0.3) is 5.91 Å². The van der Waals surface area contributed by atoms with Gasteiger partial charge in [0.2, 0.25) is 5.28 Å². The van der Waals surface area contributed by atoms with Crippen molar-refractivity contribution in [1.82, 2.24) is 15.3 Å². The van der Waals surface area contributed by atoms with Crippen molar-refractivity contribution in [3.8, 4) is 17.3 Å². The van der Waals surface area contributed by atoms with Crippen LogP contribution in [-0.4, -0.2) is 31.2 Å². The van der Waals surface area contributed by atoms with Crippen molar-refractivity contribution in [2.24, 2.45) is 0 Å². The Morgan fingerprint density at radius 2 is 2.23 bits per heavy atom. The molecule has 1 amide bonds. The highest BCUT2D eigenvalue weighted by molar-refractivity contribution is 7.79. The smallest absolute Gasteiger partial charge is 0.253 e. The van der Waals surface area contributed by atoms with Gasteiger partial charge in [-0.1, -0.05) is 6.07 Å². The number of halogens is 1. The van der Waals surface area contributed by atoms with E-state index in [0.29, 0.717) is 11.3 Å². The molecule has 0 aliphatic carbocycles. The van der Waals surface area contributed by atoms with E-state index in [2.05, 4.69) is 15.3 Å². The van der Waals surface area contributed by atoms with Gasteiger partial charge in [-0.25, -0.2) is 14.2 Å². The zero-order valence-electron chi connectivity index (χ0n) is 11.0. The molecule has 1 heterocycles. The summed E-state index contributed by atoms with van der Waals surface area (Å²) in [6.45, 7) is -0.195. The van der Waals surface area contributed by atoms with Crippen LogP contribution in [0.1, 0.15) is 10.4 Å². The van der Waals surface area contributed by atoms with Crippen molar-refractivity contribution >= 4 is 28.6 Å². The molecule has 1 unspecified atom stereocenters. The Labute approximate surface area is 133 Å². The van der Waals surface area contributed by atoms with Crippen molar-refractivity contribution < 1.29 is 13.6 Å². The van der Waals surface area contributed by atoms with Crippen LogP contribution in [-0.2, 0) is 11.1 Å². The molecule has 1 aromatic carbocycles. The number of carbonyl (C=O) groups excluding carboxylic acids is 1. The number of benzene rings is 1. The first kappa shape index (κ1) is 16.0. The number of nitrogens with zero attached hydrogens (tertiary/aromatic N) is 3. The molecule has 0 saturated carbocycles. The number of amides is 1. The molecule has 0 fully saturated rings. The Hall–Kier alpha value is -2.34. The van der Waals surface area contributed by atoms with Crippen molar-refractivity contribution in [3.05, 3.63) is 41.3 Å². The highest BCUT2D eigenvalue weighted by Gasteiger charge is 2.16. The SMILES string of the molecule is N#CCNC(=O)c1ccc(-c2ccnc(Cl)n2)cc1S(=O)O. The molecule has 7 nitrogen and oxygen atoms in total. The van der Waals surface area contributed by atoms with Crippen LogP contribution in [0.5, 0.6) is 0 Å². The fourth-order valence-corrected chi connectivity index (χ4v) is 2.45. The Bertz CT molecular complexity index is 791. The van der Waals surface area contributed by atoms with Crippen molar-refractivity contribution in [2.75, 3.05) is 6.54 Å². The summed E-state index contributed by atoms with van der Waals surface area (Å²) in [4.78, 5) is 19.5. The first-order valence-electron chi connectivity index (χ1n) is 5.92. The molecule has 22 heavy (non-hydrogen) atoms. The molecule has 0 saturated heterocycles. The molecule has 0 spiro atoms. The molecule has 1 atom stereocenters. The van der Waals surface area contributed by atoms with Gasteiger partial charge in [-0.05, 0) is 29.8 Å². The number of carbonyl (C=O) groups is 1. The summed E-state index contributed by atoms with van der Waals surface area (Å²) in [5, 5.41) is 10.8. The third kappa shape index (κ3) is 3.65. The van der Waals surface area contributed by atoms with Gasteiger partial charge in [0.1, 0.15) is 6.54 Å².